The number of aromatic nitrogens is 3. The minimum Gasteiger partial charge on any atom is -0.372 e. The molecule has 5 heteroatoms. The fraction of sp³-hybridized carbons (Fsp3) is 0.600. The first-order valence-electron chi connectivity index (χ1n) is 7.43. The van der Waals surface area contributed by atoms with Crippen molar-refractivity contribution >= 4 is 17.3 Å². The maximum atomic E-state index is 4.72. The molecule has 1 aliphatic carbocycles. The maximum Gasteiger partial charge on any atom is 0.180 e. The van der Waals surface area contributed by atoms with Gasteiger partial charge in [0.1, 0.15) is 5.82 Å². The zero-order chi connectivity index (χ0) is 14.1. The fourth-order valence-electron chi connectivity index (χ4n) is 3.07. The number of anilines is 2. The molecular weight excluding hydrogens is 250 g/mol. The lowest BCUT2D eigenvalue weighted by molar-refractivity contribution is 0.340. The molecule has 1 saturated carbocycles. The van der Waals surface area contributed by atoms with Crippen LogP contribution >= 0.6 is 0 Å². The molecule has 0 spiro atoms. The van der Waals surface area contributed by atoms with Gasteiger partial charge in [-0.2, -0.15) is 0 Å². The zero-order valence-corrected chi connectivity index (χ0v) is 12.5. The number of nitrogens with zero attached hydrogens (tertiary/aromatic N) is 4. The summed E-state index contributed by atoms with van der Waals surface area (Å²) in [5.41, 5.74) is 0.935. The molecule has 1 fully saturated rings. The van der Waals surface area contributed by atoms with Gasteiger partial charge in [-0.05, 0) is 31.6 Å². The van der Waals surface area contributed by atoms with E-state index < -0.39 is 0 Å². The lowest BCUT2D eigenvalue weighted by atomic mass is 9.87. The van der Waals surface area contributed by atoms with E-state index in [1.807, 2.05) is 30.0 Å². The minimum absolute atomic E-state index is 0.575. The molecule has 0 bridgehead atoms. The first-order chi connectivity index (χ1) is 9.69. The summed E-state index contributed by atoms with van der Waals surface area (Å²) in [6.07, 6.45) is 10.9. The molecule has 5 nitrogen and oxygen atoms in total. The molecule has 0 radical (unpaired) electrons. The highest BCUT2D eigenvalue weighted by Crippen LogP contribution is 2.30. The minimum atomic E-state index is 0.575. The molecule has 0 aliphatic heterocycles. The van der Waals surface area contributed by atoms with E-state index in [-0.39, 0.29) is 0 Å². The predicted molar refractivity (Wildman–Crippen MR) is 82.4 cm³/mol. The number of fused-ring (bicyclic) bond motifs is 1. The third-order valence-corrected chi connectivity index (χ3v) is 4.48. The molecule has 0 atom stereocenters. The molecule has 108 valence electrons. The molecule has 0 aromatic carbocycles. The van der Waals surface area contributed by atoms with Gasteiger partial charge in [0, 0.05) is 32.5 Å². The second-order valence-corrected chi connectivity index (χ2v) is 5.88. The van der Waals surface area contributed by atoms with Crippen LogP contribution in [0.4, 0.5) is 11.6 Å². The Morgan fingerprint density at radius 1 is 1.30 bits per heavy atom. The number of hydrogen-bond donors (Lipinski definition) is 1. The highest BCUT2D eigenvalue weighted by atomic mass is 15.2. The molecule has 20 heavy (non-hydrogen) atoms. The Labute approximate surface area is 120 Å². The van der Waals surface area contributed by atoms with Crippen LogP contribution in [0.5, 0.6) is 0 Å². The van der Waals surface area contributed by atoms with Crippen molar-refractivity contribution in [3.63, 3.8) is 0 Å². The topological polar surface area (TPSA) is 45.5 Å². The van der Waals surface area contributed by atoms with Crippen molar-refractivity contribution in [2.24, 2.45) is 5.92 Å². The lowest BCUT2D eigenvalue weighted by Gasteiger charge is -2.34. The summed E-state index contributed by atoms with van der Waals surface area (Å²) in [6.45, 7) is 2.35. The van der Waals surface area contributed by atoms with Crippen LogP contribution in [0.15, 0.2) is 18.6 Å². The average Bonchev–Trinajstić information content (AvgIpc) is 2.94. The van der Waals surface area contributed by atoms with E-state index in [2.05, 4.69) is 29.2 Å². The summed E-state index contributed by atoms with van der Waals surface area (Å²) >= 11 is 0. The molecular formula is C15H23N5. The number of rotatable bonds is 3. The SMILES string of the molecule is CNc1cn2ccnc2c(N(C)C2CCC(C)CC2)n1. The van der Waals surface area contributed by atoms with Crippen molar-refractivity contribution < 1.29 is 0 Å². The summed E-state index contributed by atoms with van der Waals surface area (Å²) in [6, 6.07) is 0.575. The van der Waals surface area contributed by atoms with Crippen molar-refractivity contribution in [3.05, 3.63) is 18.6 Å². The Balaban J connectivity index is 1.93. The van der Waals surface area contributed by atoms with Gasteiger partial charge in [0.05, 0.1) is 6.20 Å². The smallest absolute Gasteiger partial charge is 0.180 e. The second kappa shape index (κ2) is 5.31. The molecule has 2 aromatic rings. The Hall–Kier alpha value is -1.78. The summed E-state index contributed by atoms with van der Waals surface area (Å²) < 4.78 is 2.04. The third-order valence-electron chi connectivity index (χ3n) is 4.48. The largest absolute Gasteiger partial charge is 0.372 e. The Bertz CT molecular complexity index is 583. The monoisotopic (exact) mass is 273 g/mol. The van der Waals surface area contributed by atoms with Gasteiger partial charge < -0.3 is 14.6 Å². The van der Waals surface area contributed by atoms with Gasteiger partial charge in [0.25, 0.3) is 0 Å². The van der Waals surface area contributed by atoms with E-state index >= 15 is 0 Å². The van der Waals surface area contributed by atoms with Gasteiger partial charge >= 0.3 is 0 Å². The second-order valence-electron chi connectivity index (χ2n) is 5.88. The first-order valence-corrected chi connectivity index (χ1v) is 7.43. The molecule has 1 aliphatic rings. The number of imidazole rings is 1. The lowest BCUT2D eigenvalue weighted by Crippen LogP contribution is -2.35. The molecule has 3 rings (SSSR count). The van der Waals surface area contributed by atoms with Gasteiger partial charge in [0.2, 0.25) is 0 Å². The van der Waals surface area contributed by atoms with E-state index in [4.69, 9.17) is 4.98 Å². The van der Waals surface area contributed by atoms with Gasteiger partial charge in [-0.3, -0.25) is 0 Å². The molecule has 2 heterocycles. The van der Waals surface area contributed by atoms with Crippen LogP contribution in [0.1, 0.15) is 32.6 Å². The Morgan fingerprint density at radius 3 is 2.75 bits per heavy atom. The van der Waals surface area contributed by atoms with E-state index in [0.717, 1.165) is 23.2 Å². The van der Waals surface area contributed by atoms with Crippen LogP contribution in [0, 0.1) is 5.92 Å². The van der Waals surface area contributed by atoms with Crippen LogP contribution in [-0.4, -0.2) is 34.5 Å². The quantitative estimate of drug-likeness (QED) is 0.934. The fourth-order valence-corrected chi connectivity index (χ4v) is 3.07. The van der Waals surface area contributed by atoms with Crippen LogP contribution in [0.2, 0.25) is 0 Å². The summed E-state index contributed by atoms with van der Waals surface area (Å²) in [7, 11) is 4.05. The van der Waals surface area contributed by atoms with Crippen molar-refractivity contribution in [2.45, 2.75) is 38.6 Å². The summed E-state index contributed by atoms with van der Waals surface area (Å²) in [5, 5.41) is 3.13. The third kappa shape index (κ3) is 2.32. The Kier molecular flexibility index (Phi) is 3.51. The molecule has 1 N–H and O–H groups in total. The van der Waals surface area contributed by atoms with Crippen molar-refractivity contribution in [1.29, 1.82) is 0 Å². The van der Waals surface area contributed by atoms with Crippen LogP contribution in [-0.2, 0) is 0 Å². The average molecular weight is 273 g/mol. The van der Waals surface area contributed by atoms with Crippen molar-refractivity contribution in [2.75, 3.05) is 24.3 Å². The Morgan fingerprint density at radius 2 is 2.05 bits per heavy atom. The van der Waals surface area contributed by atoms with Gasteiger partial charge in [-0.1, -0.05) is 6.92 Å². The molecule has 0 unspecified atom stereocenters. The van der Waals surface area contributed by atoms with E-state index in [1.165, 1.54) is 25.7 Å². The zero-order valence-electron chi connectivity index (χ0n) is 12.5. The summed E-state index contributed by atoms with van der Waals surface area (Å²) in [5.74, 6) is 2.71. The van der Waals surface area contributed by atoms with Crippen LogP contribution in [0.25, 0.3) is 5.65 Å². The highest BCUT2D eigenvalue weighted by Gasteiger charge is 2.24. The van der Waals surface area contributed by atoms with Crippen molar-refractivity contribution in [3.8, 4) is 0 Å². The number of nitrogens with one attached hydrogen (secondary N) is 1. The molecule has 0 saturated heterocycles. The maximum absolute atomic E-state index is 4.72. The summed E-state index contributed by atoms with van der Waals surface area (Å²) in [4.78, 5) is 11.5. The molecule has 0 amide bonds. The van der Waals surface area contributed by atoms with Gasteiger partial charge in [-0.25, -0.2) is 9.97 Å². The number of hydrogen-bond acceptors (Lipinski definition) is 4. The van der Waals surface area contributed by atoms with E-state index in [0.29, 0.717) is 6.04 Å². The van der Waals surface area contributed by atoms with E-state index in [9.17, 15) is 0 Å². The standard InChI is InChI=1S/C15H23N5/c1-11-4-6-12(7-5-11)19(3)15-14-17-8-9-20(14)10-13(16-2)18-15/h8-12,16H,4-7H2,1-3H3. The van der Waals surface area contributed by atoms with Gasteiger partial charge in [0.15, 0.2) is 11.5 Å². The highest BCUT2D eigenvalue weighted by molar-refractivity contribution is 5.66. The van der Waals surface area contributed by atoms with Crippen LogP contribution in [0.3, 0.4) is 0 Å². The normalized spacial score (nSPS) is 22.9. The predicted octanol–water partition coefficient (Wildman–Crippen LogP) is 2.79. The van der Waals surface area contributed by atoms with Crippen LogP contribution < -0.4 is 10.2 Å². The first kappa shape index (κ1) is 13.2. The molecule has 2 aromatic heterocycles. The van der Waals surface area contributed by atoms with Gasteiger partial charge in [-0.15, -0.1) is 0 Å². The van der Waals surface area contributed by atoms with E-state index in [1.54, 1.807) is 0 Å². The van der Waals surface area contributed by atoms with Crippen molar-refractivity contribution in [1.82, 2.24) is 14.4 Å².